The molecule has 0 fully saturated rings. The van der Waals surface area contributed by atoms with Crippen LogP contribution in [0.3, 0.4) is 0 Å². The molecule has 9 nitrogen and oxygen atoms in total. The monoisotopic (exact) mass is 458 g/mol. The highest BCUT2D eigenvalue weighted by molar-refractivity contribution is 6.02. The first-order valence-corrected chi connectivity index (χ1v) is 10.6. The smallest absolute Gasteiger partial charge is 0.337 e. The molecule has 0 unspecified atom stereocenters. The Hall–Kier alpha value is -4.53. The summed E-state index contributed by atoms with van der Waals surface area (Å²) in [5, 5.41) is 17.5. The number of carboxylic acid groups (broad SMARTS) is 1. The second-order valence-electron chi connectivity index (χ2n) is 7.46. The van der Waals surface area contributed by atoms with E-state index in [1.807, 2.05) is 60.0 Å². The Morgan fingerprint density at radius 2 is 1.71 bits per heavy atom. The molecule has 0 bridgehead atoms. The predicted molar refractivity (Wildman–Crippen MR) is 130 cm³/mol. The first-order valence-electron chi connectivity index (χ1n) is 10.6. The number of aromatic carboxylic acids is 1. The fourth-order valence-corrected chi connectivity index (χ4v) is 3.73. The first-order chi connectivity index (χ1) is 16.5. The van der Waals surface area contributed by atoms with Gasteiger partial charge in [0.15, 0.2) is 0 Å². The van der Waals surface area contributed by atoms with E-state index in [1.54, 1.807) is 18.2 Å². The summed E-state index contributed by atoms with van der Waals surface area (Å²) < 4.78 is 7.65. The van der Waals surface area contributed by atoms with Gasteiger partial charge in [0, 0.05) is 5.56 Å². The van der Waals surface area contributed by atoms with Crippen LogP contribution in [-0.4, -0.2) is 33.1 Å². The molecule has 0 saturated carbocycles. The summed E-state index contributed by atoms with van der Waals surface area (Å²) in [5.41, 5.74) is 20.5. The number of para-hydroxylation sites is 1. The standard InChI is InChI=1S/C25H24N4O3.H2N2/c1-2-14-32-25-28-21-9-5-8-20(24(30)31)22(21)29(25)15-16-10-12-17(13-11-16)18-6-3-4-7-19(18)23(26)27;1-2/h3-13H,2,14-15H2,1H3,(H3,26,27)(H,30,31);1-2H. The van der Waals surface area contributed by atoms with Crippen LogP contribution in [-0.2, 0) is 6.54 Å². The van der Waals surface area contributed by atoms with Crippen molar-refractivity contribution in [2.75, 3.05) is 6.61 Å². The second kappa shape index (κ2) is 10.9. The lowest BCUT2D eigenvalue weighted by atomic mass is 9.98. The zero-order valence-electron chi connectivity index (χ0n) is 18.7. The number of carboxylic acids is 1. The highest BCUT2D eigenvalue weighted by Crippen LogP contribution is 2.28. The van der Waals surface area contributed by atoms with Gasteiger partial charge in [0.1, 0.15) is 5.84 Å². The maximum Gasteiger partial charge on any atom is 0.337 e. The summed E-state index contributed by atoms with van der Waals surface area (Å²) in [4.78, 5) is 16.3. The molecule has 1 aromatic heterocycles. The Morgan fingerprint density at radius 3 is 2.35 bits per heavy atom. The van der Waals surface area contributed by atoms with Crippen molar-refractivity contribution in [3.8, 4) is 17.1 Å². The minimum absolute atomic E-state index is 0.0217. The number of benzene rings is 3. The lowest BCUT2D eigenvalue weighted by Crippen LogP contribution is -2.12. The molecule has 0 amide bonds. The number of amidine groups is 1. The quantitative estimate of drug-likeness (QED) is 0.140. The van der Waals surface area contributed by atoms with Gasteiger partial charge in [0.25, 0.3) is 6.01 Å². The van der Waals surface area contributed by atoms with Crippen molar-refractivity contribution in [2.24, 2.45) is 5.73 Å². The summed E-state index contributed by atoms with van der Waals surface area (Å²) in [7, 11) is 0. The molecule has 3 aromatic carbocycles. The van der Waals surface area contributed by atoms with Gasteiger partial charge in [-0.1, -0.05) is 61.5 Å². The fraction of sp³-hybridized carbons (Fsp3) is 0.160. The number of aromatic nitrogens is 2. The number of nitrogens with one attached hydrogen (secondary N) is 3. The molecule has 0 aliphatic rings. The van der Waals surface area contributed by atoms with Crippen molar-refractivity contribution < 1.29 is 14.6 Å². The largest absolute Gasteiger partial charge is 0.478 e. The number of ether oxygens (including phenoxy) is 1. The van der Waals surface area contributed by atoms with Crippen molar-refractivity contribution in [1.29, 1.82) is 16.5 Å². The molecular formula is C25H26N6O3. The summed E-state index contributed by atoms with van der Waals surface area (Å²) in [6, 6.07) is 20.9. The molecule has 0 aliphatic carbocycles. The Labute approximate surface area is 196 Å². The molecule has 174 valence electrons. The van der Waals surface area contributed by atoms with Gasteiger partial charge in [-0.3, -0.25) is 9.98 Å². The number of nitrogen functional groups attached to an aromatic ring is 1. The maximum atomic E-state index is 11.8. The van der Waals surface area contributed by atoms with Crippen LogP contribution in [0.2, 0.25) is 0 Å². The van der Waals surface area contributed by atoms with E-state index in [0.717, 1.165) is 23.1 Å². The highest BCUT2D eigenvalue weighted by atomic mass is 16.5. The summed E-state index contributed by atoms with van der Waals surface area (Å²) in [6.45, 7) is 2.91. The molecule has 0 atom stereocenters. The lowest BCUT2D eigenvalue weighted by Gasteiger charge is -2.12. The third kappa shape index (κ3) is 4.93. The van der Waals surface area contributed by atoms with Gasteiger partial charge in [-0.2, -0.15) is 4.98 Å². The molecule has 1 heterocycles. The van der Waals surface area contributed by atoms with Gasteiger partial charge in [-0.05, 0) is 35.2 Å². The van der Waals surface area contributed by atoms with Gasteiger partial charge >= 0.3 is 5.97 Å². The van der Waals surface area contributed by atoms with Crippen molar-refractivity contribution >= 4 is 22.8 Å². The number of fused-ring (bicyclic) bond motifs is 1. The van der Waals surface area contributed by atoms with Gasteiger partial charge in [-0.15, -0.1) is 0 Å². The molecule has 34 heavy (non-hydrogen) atoms. The number of imidazole rings is 1. The molecule has 0 radical (unpaired) electrons. The van der Waals surface area contributed by atoms with E-state index < -0.39 is 5.97 Å². The topological polar surface area (TPSA) is 162 Å². The molecule has 9 heteroatoms. The number of nitrogens with two attached hydrogens (primary N) is 1. The third-order valence-electron chi connectivity index (χ3n) is 5.22. The number of hydrogen-bond acceptors (Lipinski definition) is 6. The normalized spacial score (nSPS) is 10.4. The van der Waals surface area contributed by atoms with Crippen LogP contribution in [0.15, 0.2) is 66.7 Å². The van der Waals surface area contributed by atoms with Crippen LogP contribution in [0.25, 0.3) is 22.2 Å². The fourth-order valence-electron chi connectivity index (χ4n) is 3.73. The molecule has 0 saturated heterocycles. The molecule has 6 N–H and O–H groups in total. The molecule has 4 aromatic rings. The van der Waals surface area contributed by atoms with Crippen LogP contribution >= 0.6 is 0 Å². The Bertz CT molecular complexity index is 1310. The van der Waals surface area contributed by atoms with Crippen molar-refractivity contribution in [3.63, 3.8) is 0 Å². The van der Waals surface area contributed by atoms with E-state index in [2.05, 4.69) is 4.98 Å². The molecule has 0 spiro atoms. The van der Waals surface area contributed by atoms with E-state index in [-0.39, 0.29) is 11.4 Å². The minimum atomic E-state index is -1.00. The van der Waals surface area contributed by atoms with Gasteiger partial charge in [0.2, 0.25) is 0 Å². The van der Waals surface area contributed by atoms with Crippen LogP contribution in [0, 0.1) is 16.5 Å². The highest BCUT2D eigenvalue weighted by Gasteiger charge is 2.19. The number of carbonyl (C=O) groups is 1. The first kappa shape index (κ1) is 24.1. The van der Waals surface area contributed by atoms with Crippen LogP contribution in [0.4, 0.5) is 0 Å². The minimum Gasteiger partial charge on any atom is -0.478 e. The average Bonchev–Trinajstić information content (AvgIpc) is 3.21. The van der Waals surface area contributed by atoms with E-state index in [0.29, 0.717) is 35.8 Å². The SMILES string of the molecule is CCCOc1nc2cccc(C(=O)O)c2n1Cc1ccc(-c2ccccc2C(=N)N)cc1.N=N. The van der Waals surface area contributed by atoms with E-state index in [9.17, 15) is 9.90 Å². The van der Waals surface area contributed by atoms with Crippen LogP contribution in [0.5, 0.6) is 6.01 Å². The van der Waals surface area contributed by atoms with Crippen LogP contribution in [0.1, 0.15) is 34.8 Å². The Balaban J connectivity index is 0.00000158. The van der Waals surface area contributed by atoms with Crippen molar-refractivity contribution in [2.45, 2.75) is 19.9 Å². The van der Waals surface area contributed by atoms with Crippen molar-refractivity contribution in [1.82, 2.24) is 9.55 Å². The molecular weight excluding hydrogens is 432 g/mol. The zero-order valence-corrected chi connectivity index (χ0v) is 18.7. The van der Waals surface area contributed by atoms with Crippen LogP contribution < -0.4 is 10.5 Å². The van der Waals surface area contributed by atoms with Gasteiger partial charge in [-0.25, -0.2) is 15.9 Å². The molecule has 0 aliphatic heterocycles. The molecule has 4 rings (SSSR count). The van der Waals surface area contributed by atoms with Crippen molar-refractivity contribution in [3.05, 3.63) is 83.4 Å². The summed E-state index contributed by atoms with van der Waals surface area (Å²) in [6.07, 6.45) is 0.819. The summed E-state index contributed by atoms with van der Waals surface area (Å²) in [5.74, 6) is -0.983. The average molecular weight is 459 g/mol. The van der Waals surface area contributed by atoms with Gasteiger partial charge in [0.05, 0.1) is 29.7 Å². The Kier molecular flexibility index (Phi) is 7.71. The van der Waals surface area contributed by atoms with E-state index in [1.165, 1.54) is 0 Å². The lowest BCUT2D eigenvalue weighted by molar-refractivity contribution is 0.0698. The van der Waals surface area contributed by atoms with E-state index in [4.69, 9.17) is 26.9 Å². The summed E-state index contributed by atoms with van der Waals surface area (Å²) >= 11 is 0. The maximum absolute atomic E-state index is 11.8. The number of hydrogen-bond donors (Lipinski definition) is 5. The van der Waals surface area contributed by atoms with E-state index >= 15 is 0 Å². The predicted octanol–water partition coefficient (Wildman–Crippen LogP) is 5.12. The van der Waals surface area contributed by atoms with Gasteiger partial charge < -0.3 is 15.6 Å². The number of rotatable bonds is 8. The Morgan fingerprint density at radius 1 is 1.03 bits per heavy atom. The number of nitrogens with zero attached hydrogens (tertiary/aromatic N) is 2. The zero-order chi connectivity index (χ0) is 24.7. The third-order valence-corrected chi connectivity index (χ3v) is 5.22. The second-order valence-corrected chi connectivity index (χ2v) is 7.46.